The van der Waals surface area contributed by atoms with E-state index in [-0.39, 0.29) is 5.56 Å². The number of carbonyl (C=O) groups excluding carboxylic acids is 3. The zero-order valence-corrected chi connectivity index (χ0v) is 17.2. The smallest absolute Gasteiger partial charge is 0.325 e. The van der Waals surface area contributed by atoms with Gasteiger partial charge in [0.25, 0.3) is 11.8 Å². The van der Waals surface area contributed by atoms with Crippen LogP contribution in [-0.4, -0.2) is 52.3 Å². The molecule has 160 valence electrons. The molecule has 0 atom stereocenters. The van der Waals surface area contributed by atoms with Crippen LogP contribution in [0.15, 0.2) is 36.4 Å². The molecular formula is C21H24N2O7. The second kappa shape index (κ2) is 10.7. The summed E-state index contributed by atoms with van der Waals surface area (Å²) in [5, 5.41) is 5.04. The van der Waals surface area contributed by atoms with Gasteiger partial charge in [0.05, 0.1) is 21.3 Å². The molecule has 0 fully saturated rings. The van der Waals surface area contributed by atoms with Gasteiger partial charge in [-0.3, -0.25) is 14.4 Å². The van der Waals surface area contributed by atoms with Crippen molar-refractivity contribution in [2.75, 3.05) is 39.8 Å². The minimum Gasteiger partial charge on any atom is -0.493 e. The van der Waals surface area contributed by atoms with Crippen molar-refractivity contribution in [2.24, 2.45) is 0 Å². The second-order valence-electron chi connectivity index (χ2n) is 6.18. The molecule has 0 aliphatic carbocycles. The molecular weight excluding hydrogens is 392 g/mol. The minimum atomic E-state index is -0.754. The molecule has 2 rings (SSSR count). The lowest BCUT2D eigenvalue weighted by Crippen LogP contribution is -2.32. The van der Waals surface area contributed by atoms with Crippen molar-refractivity contribution in [1.82, 2.24) is 5.32 Å². The number of benzene rings is 2. The summed E-state index contributed by atoms with van der Waals surface area (Å²) in [7, 11) is 4.31. The van der Waals surface area contributed by atoms with E-state index in [1.165, 1.54) is 33.5 Å². The van der Waals surface area contributed by atoms with Crippen LogP contribution in [0.1, 0.15) is 15.9 Å². The molecule has 9 nitrogen and oxygen atoms in total. The fourth-order valence-corrected chi connectivity index (χ4v) is 2.58. The lowest BCUT2D eigenvalue weighted by Gasteiger charge is -2.14. The van der Waals surface area contributed by atoms with Gasteiger partial charge < -0.3 is 29.6 Å². The predicted molar refractivity (Wildman–Crippen MR) is 109 cm³/mol. The maximum atomic E-state index is 12.3. The number of carbonyl (C=O) groups is 3. The minimum absolute atomic E-state index is 0.203. The van der Waals surface area contributed by atoms with Crippen LogP contribution < -0.4 is 24.8 Å². The third-order valence-electron chi connectivity index (χ3n) is 3.99. The summed E-state index contributed by atoms with van der Waals surface area (Å²) < 4.78 is 20.5. The first-order chi connectivity index (χ1) is 14.4. The number of anilines is 1. The molecule has 0 bridgehead atoms. The molecule has 9 heteroatoms. The molecule has 0 saturated carbocycles. The van der Waals surface area contributed by atoms with E-state index in [4.69, 9.17) is 18.9 Å². The summed E-state index contributed by atoms with van der Waals surface area (Å²) >= 11 is 0. The normalized spacial score (nSPS) is 10.0. The van der Waals surface area contributed by atoms with Gasteiger partial charge in [-0.25, -0.2) is 0 Å². The third-order valence-corrected chi connectivity index (χ3v) is 3.99. The largest absolute Gasteiger partial charge is 0.493 e. The number of rotatable bonds is 9. The van der Waals surface area contributed by atoms with Crippen molar-refractivity contribution in [1.29, 1.82) is 0 Å². The Morgan fingerprint density at radius 2 is 1.60 bits per heavy atom. The highest BCUT2D eigenvalue weighted by Crippen LogP contribution is 2.38. The topological polar surface area (TPSA) is 112 Å². The summed E-state index contributed by atoms with van der Waals surface area (Å²) in [5.74, 6) is -0.833. The third kappa shape index (κ3) is 6.13. The molecule has 0 saturated heterocycles. The van der Waals surface area contributed by atoms with Gasteiger partial charge in [-0.1, -0.05) is 12.1 Å². The number of ether oxygens (including phenoxy) is 4. The van der Waals surface area contributed by atoms with Crippen LogP contribution >= 0.6 is 0 Å². The quantitative estimate of drug-likeness (QED) is 0.601. The van der Waals surface area contributed by atoms with E-state index in [1.807, 2.05) is 13.0 Å². The van der Waals surface area contributed by atoms with Gasteiger partial charge in [0.2, 0.25) is 5.75 Å². The predicted octanol–water partition coefficient (Wildman–Crippen LogP) is 1.93. The van der Waals surface area contributed by atoms with Crippen LogP contribution in [0.3, 0.4) is 0 Å². The van der Waals surface area contributed by atoms with Gasteiger partial charge in [0.15, 0.2) is 18.1 Å². The van der Waals surface area contributed by atoms with Crippen molar-refractivity contribution in [3.8, 4) is 17.2 Å². The van der Waals surface area contributed by atoms with Crippen LogP contribution in [0.25, 0.3) is 0 Å². The van der Waals surface area contributed by atoms with Crippen molar-refractivity contribution in [2.45, 2.75) is 6.92 Å². The van der Waals surface area contributed by atoms with Gasteiger partial charge in [-0.2, -0.15) is 0 Å². The van der Waals surface area contributed by atoms with Gasteiger partial charge in [-0.05, 0) is 36.8 Å². The van der Waals surface area contributed by atoms with Crippen molar-refractivity contribution >= 4 is 23.5 Å². The van der Waals surface area contributed by atoms with Gasteiger partial charge >= 0.3 is 5.97 Å². The average Bonchev–Trinajstić information content (AvgIpc) is 2.74. The Morgan fingerprint density at radius 3 is 2.17 bits per heavy atom. The molecule has 2 aromatic rings. The zero-order valence-electron chi connectivity index (χ0n) is 17.2. The number of esters is 1. The van der Waals surface area contributed by atoms with Crippen molar-refractivity contribution < 1.29 is 33.3 Å². The number of hydrogen-bond donors (Lipinski definition) is 2. The fourth-order valence-electron chi connectivity index (χ4n) is 2.58. The summed E-state index contributed by atoms with van der Waals surface area (Å²) in [6.07, 6.45) is 0. The van der Waals surface area contributed by atoms with Crippen LogP contribution in [-0.2, 0) is 14.3 Å². The Labute approximate surface area is 174 Å². The molecule has 2 N–H and O–H groups in total. The van der Waals surface area contributed by atoms with Gasteiger partial charge in [-0.15, -0.1) is 0 Å². The average molecular weight is 416 g/mol. The Kier molecular flexibility index (Phi) is 8.04. The number of aryl methyl sites for hydroxylation is 1. The van der Waals surface area contributed by atoms with E-state index in [0.717, 1.165) is 5.56 Å². The maximum Gasteiger partial charge on any atom is 0.325 e. The van der Waals surface area contributed by atoms with E-state index in [9.17, 15) is 14.4 Å². The Balaban J connectivity index is 1.87. The molecule has 2 amide bonds. The van der Waals surface area contributed by atoms with E-state index in [1.54, 1.807) is 18.2 Å². The molecule has 0 aliphatic rings. The zero-order chi connectivity index (χ0) is 22.1. The first-order valence-corrected chi connectivity index (χ1v) is 8.98. The van der Waals surface area contributed by atoms with Crippen LogP contribution in [0.5, 0.6) is 17.2 Å². The highest BCUT2D eigenvalue weighted by atomic mass is 16.5. The molecule has 30 heavy (non-hydrogen) atoms. The molecule has 0 spiro atoms. The molecule has 2 aromatic carbocycles. The van der Waals surface area contributed by atoms with Gasteiger partial charge in [0, 0.05) is 11.3 Å². The number of methoxy groups -OCH3 is 3. The second-order valence-corrected chi connectivity index (χ2v) is 6.18. The summed E-state index contributed by atoms with van der Waals surface area (Å²) in [4.78, 5) is 36.1. The van der Waals surface area contributed by atoms with E-state index >= 15 is 0 Å². The Morgan fingerprint density at radius 1 is 0.933 bits per heavy atom. The van der Waals surface area contributed by atoms with Crippen molar-refractivity contribution in [3.63, 3.8) is 0 Å². The summed E-state index contributed by atoms with van der Waals surface area (Å²) in [6.45, 7) is 1.02. The monoisotopic (exact) mass is 416 g/mol. The van der Waals surface area contributed by atoms with Crippen LogP contribution in [0.4, 0.5) is 5.69 Å². The number of nitrogens with one attached hydrogen (secondary N) is 2. The SMILES string of the molecule is COc1cc(C(=O)NCC(=O)OCC(=O)Nc2cccc(C)c2)cc(OC)c1OC. The molecule has 0 aliphatic heterocycles. The van der Waals surface area contributed by atoms with Crippen LogP contribution in [0, 0.1) is 6.92 Å². The first kappa shape index (κ1) is 22.5. The van der Waals surface area contributed by atoms with Crippen molar-refractivity contribution in [3.05, 3.63) is 47.5 Å². The number of hydrogen-bond acceptors (Lipinski definition) is 7. The van der Waals surface area contributed by atoms with Gasteiger partial charge in [0.1, 0.15) is 6.54 Å². The first-order valence-electron chi connectivity index (χ1n) is 8.98. The maximum absolute atomic E-state index is 12.3. The molecule has 0 aromatic heterocycles. The molecule has 0 heterocycles. The summed E-state index contributed by atoms with van der Waals surface area (Å²) in [6, 6.07) is 10.1. The van der Waals surface area contributed by atoms with E-state index in [2.05, 4.69) is 10.6 Å². The van der Waals surface area contributed by atoms with E-state index in [0.29, 0.717) is 22.9 Å². The Hall–Kier alpha value is -3.75. The summed E-state index contributed by atoms with van der Waals surface area (Å²) in [5.41, 5.74) is 1.79. The highest BCUT2D eigenvalue weighted by molar-refractivity contribution is 5.97. The van der Waals surface area contributed by atoms with E-state index < -0.39 is 30.9 Å². The highest BCUT2D eigenvalue weighted by Gasteiger charge is 2.18. The lowest BCUT2D eigenvalue weighted by molar-refractivity contribution is -0.146. The standard InChI is InChI=1S/C21H24N2O7/c1-13-6-5-7-15(8-13)23-18(24)12-30-19(25)11-22-21(26)14-9-16(27-2)20(29-4)17(10-14)28-3/h5-10H,11-12H2,1-4H3,(H,22,26)(H,23,24). The fraction of sp³-hybridized carbons (Fsp3) is 0.286. The Bertz CT molecular complexity index is 902. The molecule has 0 radical (unpaired) electrons. The lowest BCUT2D eigenvalue weighted by atomic mass is 10.1. The van der Waals surface area contributed by atoms with Crippen LogP contribution in [0.2, 0.25) is 0 Å². The molecule has 0 unspecified atom stereocenters. The number of amides is 2.